The number of piperidine rings is 1. The van der Waals surface area contributed by atoms with Crippen molar-refractivity contribution < 1.29 is 19.8 Å². The molecule has 1 saturated heterocycles. The molecule has 0 spiro atoms. The van der Waals surface area contributed by atoms with Crippen LogP contribution in [0, 0.1) is 5.92 Å². The van der Waals surface area contributed by atoms with E-state index in [1.54, 1.807) is 4.90 Å². The second-order valence-corrected chi connectivity index (χ2v) is 7.94. The standard InChI is InChI=1S/C17H26N4O2.CH2O2/c1-17(2,3)16-18-7-11-8-21(10-13(11)19-16)15(23)12-9-20(4)6-5-14(12)22;2-1-3/h7,12,14,22H,5-6,8-10H2,1-4H3;1H,(H,2,3)/t12-,14+;/m1./s1. The minimum absolute atomic E-state index is 0.0272. The lowest BCUT2D eigenvalue weighted by Crippen LogP contribution is -2.48. The summed E-state index contributed by atoms with van der Waals surface area (Å²) in [6.45, 7) is 8.53. The van der Waals surface area contributed by atoms with Gasteiger partial charge in [0, 0.05) is 36.8 Å². The Kier molecular flexibility index (Phi) is 6.30. The number of aromatic nitrogens is 2. The van der Waals surface area contributed by atoms with Crippen molar-refractivity contribution in [3.05, 3.63) is 23.3 Å². The Morgan fingerprint density at radius 1 is 1.35 bits per heavy atom. The maximum atomic E-state index is 12.8. The van der Waals surface area contributed by atoms with Gasteiger partial charge in [0.25, 0.3) is 6.47 Å². The highest BCUT2D eigenvalue weighted by Crippen LogP contribution is 2.27. The molecule has 144 valence electrons. The molecule has 26 heavy (non-hydrogen) atoms. The van der Waals surface area contributed by atoms with E-state index in [9.17, 15) is 9.90 Å². The van der Waals surface area contributed by atoms with E-state index >= 15 is 0 Å². The number of fused-ring (bicyclic) bond motifs is 1. The van der Waals surface area contributed by atoms with Crippen molar-refractivity contribution in [2.45, 2.75) is 51.8 Å². The molecule has 0 aromatic carbocycles. The van der Waals surface area contributed by atoms with Crippen molar-refractivity contribution in [2.24, 2.45) is 5.92 Å². The zero-order chi connectivity index (χ0) is 19.5. The van der Waals surface area contributed by atoms with Crippen LogP contribution in [0.4, 0.5) is 0 Å². The minimum Gasteiger partial charge on any atom is -0.483 e. The van der Waals surface area contributed by atoms with Crippen LogP contribution in [-0.2, 0) is 28.1 Å². The van der Waals surface area contributed by atoms with Gasteiger partial charge in [-0.2, -0.15) is 0 Å². The van der Waals surface area contributed by atoms with Crippen molar-refractivity contribution in [3.8, 4) is 0 Å². The van der Waals surface area contributed by atoms with E-state index in [2.05, 4.69) is 35.6 Å². The SMILES string of the molecule is CN1CC[C@H](O)[C@H](C(=O)N2Cc3cnc(C(C)(C)C)nc3C2)C1.O=CO. The second-order valence-electron chi connectivity index (χ2n) is 7.94. The summed E-state index contributed by atoms with van der Waals surface area (Å²) in [5.41, 5.74) is 1.86. The van der Waals surface area contributed by atoms with Gasteiger partial charge in [0.2, 0.25) is 5.91 Å². The van der Waals surface area contributed by atoms with Crippen LogP contribution in [0.3, 0.4) is 0 Å². The Labute approximate surface area is 153 Å². The van der Waals surface area contributed by atoms with Gasteiger partial charge in [0.1, 0.15) is 5.82 Å². The summed E-state index contributed by atoms with van der Waals surface area (Å²) in [5, 5.41) is 17.1. The van der Waals surface area contributed by atoms with Crippen molar-refractivity contribution in [3.63, 3.8) is 0 Å². The average molecular weight is 364 g/mol. The Morgan fingerprint density at radius 3 is 2.62 bits per heavy atom. The molecule has 0 saturated carbocycles. The summed E-state index contributed by atoms with van der Waals surface area (Å²) in [7, 11) is 1.99. The maximum Gasteiger partial charge on any atom is 0.290 e. The van der Waals surface area contributed by atoms with Crippen molar-refractivity contribution >= 4 is 12.4 Å². The molecule has 0 unspecified atom stereocenters. The van der Waals surface area contributed by atoms with Gasteiger partial charge in [0.15, 0.2) is 0 Å². The van der Waals surface area contributed by atoms with Crippen LogP contribution >= 0.6 is 0 Å². The highest BCUT2D eigenvalue weighted by atomic mass is 16.3. The van der Waals surface area contributed by atoms with Crippen LogP contribution in [-0.4, -0.2) is 68.6 Å². The fourth-order valence-corrected chi connectivity index (χ4v) is 3.25. The lowest BCUT2D eigenvalue weighted by atomic mass is 9.93. The number of carboxylic acid groups (broad SMARTS) is 1. The smallest absolute Gasteiger partial charge is 0.290 e. The van der Waals surface area contributed by atoms with Crippen molar-refractivity contribution in [1.82, 2.24) is 19.8 Å². The lowest BCUT2D eigenvalue weighted by Gasteiger charge is -2.34. The molecule has 2 aliphatic heterocycles. The van der Waals surface area contributed by atoms with Gasteiger partial charge in [-0.3, -0.25) is 9.59 Å². The summed E-state index contributed by atoms with van der Waals surface area (Å²) >= 11 is 0. The first-order valence-corrected chi connectivity index (χ1v) is 8.76. The number of amides is 1. The predicted molar refractivity (Wildman–Crippen MR) is 95.3 cm³/mol. The molecule has 3 heterocycles. The number of hydrogen-bond acceptors (Lipinski definition) is 6. The van der Waals surface area contributed by atoms with E-state index < -0.39 is 6.10 Å². The normalized spacial score (nSPS) is 23.0. The van der Waals surface area contributed by atoms with E-state index in [1.165, 1.54) is 0 Å². The zero-order valence-electron chi connectivity index (χ0n) is 15.8. The summed E-state index contributed by atoms with van der Waals surface area (Å²) in [6, 6.07) is 0. The highest BCUT2D eigenvalue weighted by Gasteiger charge is 2.37. The van der Waals surface area contributed by atoms with Crippen LogP contribution < -0.4 is 0 Å². The Hall–Kier alpha value is -2.06. The van der Waals surface area contributed by atoms with Crippen LogP contribution in [0.2, 0.25) is 0 Å². The Bertz CT molecular complexity index is 659. The molecule has 1 aromatic rings. The van der Waals surface area contributed by atoms with E-state index in [1.807, 2.05) is 13.2 Å². The number of aliphatic hydroxyl groups excluding tert-OH is 1. The van der Waals surface area contributed by atoms with Gasteiger partial charge < -0.3 is 20.0 Å². The fraction of sp³-hybridized carbons (Fsp3) is 0.667. The van der Waals surface area contributed by atoms with Gasteiger partial charge in [0.05, 0.1) is 24.3 Å². The van der Waals surface area contributed by atoms with E-state index in [4.69, 9.17) is 9.90 Å². The molecule has 2 atom stereocenters. The Morgan fingerprint density at radius 2 is 2.00 bits per heavy atom. The van der Waals surface area contributed by atoms with Crippen LogP contribution in [0.25, 0.3) is 0 Å². The zero-order valence-corrected chi connectivity index (χ0v) is 15.8. The minimum atomic E-state index is -0.543. The maximum absolute atomic E-state index is 12.8. The molecule has 2 N–H and O–H groups in total. The molecule has 0 aliphatic carbocycles. The summed E-state index contributed by atoms with van der Waals surface area (Å²) in [5.74, 6) is 0.500. The van der Waals surface area contributed by atoms with E-state index in [0.29, 0.717) is 26.1 Å². The van der Waals surface area contributed by atoms with E-state index in [0.717, 1.165) is 23.6 Å². The average Bonchev–Trinajstić information content (AvgIpc) is 2.99. The van der Waals surface area contributed by atoms with Gasteiger partial charge in [-0.15, -0.1) is 0 Å². The molecule has 3 rings (SSSR count). The molecule has 1 fully saturated rings. The summed E-state index contributed by atoms with van der Waals surface area (Å²) < 4.78 is 0. The number of carbonyl (C=O) groups excluding carboxylic acids is 1. The first kappa shape index (κ1) is 20.3. The third kappa shape index (κ3) is 4.56. The molecule has 0 radical (unpaired) electrons. The molecule has 8 heteroatoms. The van der Waals surface area contributed by atoms with Crippen LogP contribution in [0.15, 0.2) is 6.20 Å². The topological polar surface area (TPSA) is 107 Å². The predicted octanol–water partition coefficient (Wildman–Crippen LogP) is 0.630. The summed E-state index contributed by atoms with van der Waals surface area (Å²) in [6.07, 6.45) is 1.96. The van der Waals surface area contributed by atoms with Gasteiger partial charge >= 0.3 is 0 Å². The first-order chi connectivity index (χ1) is 12.2. The molecule has 8 nitrogen and oxygen atoms in total. The molecule has 2 aliphatic rings. The number of rotatable bonds is 1. The number of likely N-dealkylation sites (tertiary alicyclic amines) is 1. The Balaban J connectivity index is 0.000000758. The largest absolute Gasteiger partial charge is 0.483 e. The van der Waals surface area contributed by atoms with Crippen molar-refractivity contribution in [2.75, 3.05) is 20.1 Å². The molecular formula is C18H28N4O4. The summed E-state index contributed by atoms with van der Waals surface area (Å²) in [4.78, 5) is 34.2. The second kappa shape index (κ2) is 8.09. The molecular weight excluding hydrogens is 336 g/mol. The van der Waals surface area contributed by atoms with Gasteiger partial charge in [-0.25, -0.2) is 9.97 Å². The third-order valence-corrected chi connectivity index (χ3v) is 4.74. The van der Waals surface area contributed by atoms with E-state index in [-0.39, 0.29) is 23.7 Å². The quantitative estimate of drug-likeness (QED) is 0.704. The lowest BCUT2D eigenvalue weighted by molar-refractivity contribution is -0.142. The van der Waals surface area contributed by atoms with Gasteiger partial charge in [-0.05, 0) is 13.5 Å². The van der Waals surface area contributed by atoms with Gasteiger partial charge in [-0.1, -0.05) is 20.8 Å². The molecule has 0 bridgehead atoms. The first-order valence-electron chi connectivity index (χ1n) is 8.76. The number of carbonyl (C=O) groups is 2. The third-order valence-electron chi connectivity index (χ3n) is 4.74. The fourth-order valence-electron chi connectivity index (χ4n) is 3.25. The highest BCUT2D eigenvalue weighted by molar-refractivity contribution is 5.80. The van der Waals surface area contributed by atoms with Crippen molar-refractivity contribution in [1.29, 1.82) is 0 Å². The molecule has 1 aromatic heterocycles. The van der Waals surface area contributed by atoms with Crippen LogP contribution in [0.1, 0.15) is 44.3 Å². The number of hydrogen-bond donors (Lipinski definition) is 2. The number of nitrogens with zero attached hydrogens (tertiary/aromatic N) is 4. The molecule has 1 amide bonds. The number of aliphatic hydroxyl groups is 1. The van der Waals surface area contributed by atoms with Crippen LogP contribution in [0.5, 0.6) is 0 Å². The monoisotopic (exact) mass is 364 g/mol.